The van der Waals surface area contributed by atoms with E-state index in [4.69, 9.17) is 0 Å². The highest BCUT2D eigenvalue weighted by molar-refractivity contribution is 5.93. The van der Waals surface area contributed by atoms with Gasteiger partial charge in [0.25, 0.3) is 0 Å². The van der Waals surface area contributed by atoms with Crippen LogP contribution in [0.25, 0.3) is 10.9 Å². The Morgan fingerprint density at radius 2 is 1.83 bits per heavy atom. The van der Waals surface area contributed by atoms with Crippen LogP contribution in [0.1, 0.15) is 5.69 Å². The van der Waals surface area contributed by atoms with E-state index < -0.39 is 0 Å². The van der Waals surface area contributed by atoms with Gasteiger partial charge in [-0.3, -0.25) is 4.98 Å². The van der Waals surface area contributed by atoms with E-state index in [1.807, 2.05) is 49.4 Å². The Bertz CT molecular complexity index is 675. The average Bonchev–Trinajstić information content (AvgIpc) is 2.40. The van der Waals surface area contributed by atoms with E-state index in [1.54, 1.807) is 0 Å². The lowest BCUT2D eigenvalue weighted by Crippen LogP contribution is -1.94. The molecule has 1 heterocycles. The first-order chi connectivity index (χ1) is 8.83. The van der Waals surface area contributed by atoms with Gasteiger partial charge < -0.3 is 5.32 Å². The minimum absolute atomic E-state index is 1.01. The molecular weight excluding hydrogens is 220 g/mol. The van der Waals surface area contributed by atoms with Crippen LogP contribution in [0, 0.1) is 13.0 Å². The molecule has 0 atom stereocenters. The number of nitrogens with one attached hydrogen (secondary N) is 1. The second-order valence-electron chi connectivity index (χ2n) is 4.24. The fourth-order valence-electron chi connectivity index (χ4n) is 2.04. The summed E-state index contributed by atoms with van der Waals surface area (Å²) in [7, 11) is 0. The molecule has 2 aromatic carbocycles. The Hall–Kier alpha value is -2.35. The largest absolute Gasteiger partial charge is 0.355 e. The van der Waals surface area contributed by atoms with Crippen molar-refractivity contribution in [2.75, 3.05) is 5.32 Å². The van der Waals surface area contributed by atoms with Gasteiger partial charge in [-0.25, -0.2) is 0 Å². The van der Waals surface area contributed by atoms with Crippen LogP contribution < -0.4 is 5.32 Å². The van der Waals surface area contributed by atoms with E-state index in [2.05, 4.69) is 28.5 Å². The predicted octanol–water partition coefficient (Wildman–Crippen LogP) is 4.09. The first-order valence-electron chi connectivity index (χ1n) is 5.92. The van der Waals surface area contributed by atoms with E-state index in [9.17, 15) is 0 Å². The van der Waals surface area contributed by atoms with Gasteiger partial charge in [-0.1, -0.05) is 30.3 Å². The molecule has 0 fully saturated rings. The zero-order valence-electron chi connectivity index (χ0n) is 10.1. The second kappa shape index (κ2) is 4.49. The lowest BCUT2D eigenvalue weighted by atomic mass is 10.1. The van der Waals surface area contributed by atoms with Crippen molar-refractivity contribution in [3.8, 4) is 0 Å². The third-order valence-electron chi connectivity index (χ3n) is 2.84. The SMILES string of the molecule is Cc1cc(Nc2cc[c]cc2)c2ccccc2n1. The summed E-state index contributed by atoms with van der Waals surface area (Å²) in [6, 6.07) is 21.1. The van der Waals surface area contributed by atoms with E-state index in [0.29, 0.717) is 0 Å². The molecule has 0 bridgehead atoms. The van der Waals surface area contributed by atoms with Crippen molar-refractivity contribution in [1.82, 2.24) is 4.98 Å². The number of benzene rings is 2. The minimum atomic E-state index is 1.01. The lowest BCUT2D eigenvalue weighted by Gasteiger charge is -2.10. The third-order valence-corrected chi connectivity index (χ3v) is 2.84. The summed E-state index contributed by atoms with van der Waals surface area (Å²) in [6.07, 6.45) is 0. The molecule has 0 saturated heterocycles. The molecule has 3 aromatic rings. The van der Waals surface area contributed by atoms with Gasteiger partial charge in [0.15, 0.2) is 0 Å². The summed E-state index contributed by atoms with van der Waals surface area (Å²) in [6.45, 7) is 2.01. The van der Waals surface area contributed by atoms with Crippen LogP contribution in [0.3, 0.4) is 0 Å². The normalized spacial score (nSPS) is 10.5. The van der Waals surface area contributed by atoms with Crippen molar-refractivity contribution in [1.29, 1.82) is 0 Å². The summed E-state index contributed by atoms with van der Waals surface area (Å²) in [5, 5.41) is 4.56. The quantitative estimate of drug-likeness (QED) is 0.721. The highest BCUT2D eigenvalue weighted by Crippen LogP contribution is 2.25. The molecule has 18 heavy (non-hydrogen) atoms. The van der Waals surface area contributed by atoms with Crippen LogP contribution >= 0.6 is 0 Å². The topological polar surface area (TPSA) is 24.9 Å². The van der Waals surface area contributed by atoms with Crippen LogP contribution in [0.4, 0.5) is 11.4 Å². The molecule has 0 aliphatic carbocycles. The smallest absolute Gasteiger partial charge is 0.0726 e. The van der Waals surface area contributed by atoms with E-state index in [0.717, 1.165) is 28.0 Å². The summed E-state index contributed by atoms with van der Waals surface area (Å²) >= 11 is 0. The highest BCUT2D eigenvalue weighted by Gasteiger charge is 2.03. The summed E-state index contributed by atoms with van der Waals surface area (Å²) < 4.78 is 0. The molecule has 3 rings (SSSR count). The molecule has 1 aromatic heterocycles. The van der Waals surface area contributed by atoms with Gasteiger partial charge >= 0.3 is 0 Å². The summed E-state index contributed by atoms with van der Waals surface area (Å²) in [5.74, 6) is 0. The number of rotatable bonds is 2. The maximum Gasteiger partial charge on any atom is 0.0726 e. The van der Waals surface area contributed by atoms with E-state index >= 15 is 0 Å². The molecule has 0 aliphatic rings. The molecule has 0 amide bonds. The van der Waals surface area contributed by atoms with E-state index in [-0.39, 0.29) is 0 Å². The Morgan fingerprint density at radius 1 is 1.06 bits per heavy atom. The van der Waals surface area contributed by atoms with Gasteiger partial charge in [0.05, 0.1) is 5.52 Å². The van der Waals surface area contributed by atoms with Gasteiger partial charge in [-0.05, 0) is 37.3 Å². The number of hydrogen-bond acceptors (Lipinski definition) is 2. The first-order valence-corrected chi connectivity index (χ1v) is 5.92. The Balaban J connectivity index is 2.11. The first kappa shape index (κ1) is 10.8. The van der Waals surface area contributed by atoms with Gasteiger partial charge in [0.1, 0.15) is 0 Å². The number of fused-ring (bicyclic) bond motifs is 1. The van der Waals surface area contributed by atoms with Crippen molar-refractivity contribution in [3.63, 3.8) is 0 Å². The Labute approximate surface area is 106 Å². The van der Waals surface area contributed by atoms with Crippen molar-refractivity contribution in [2.24, 2.45) is 0 Å². The zero-order valence-corrected chi connectivity index (χ0v) is 10.1. The van der Waals surface area contributed by atoms with Crippen LogP contribution in [0.2, 0.25) is 0 Å². The van der Waals surface area contributed by atoms with Crippen LogP contribution in [0.15, 0.2) is 54.6 Å². The van der Waals surface area contributed by atoms with Gasteiger partial charge in [0.2, 0.25) is 0 Å². The van der Waals surface area contributed by atoms with Crippen molar-refractivity contribution < 1.29 is 0 Å². The monoisotopic (exact) mass is 233 g/mol. The fourth-order valence-corrected chi connectivity index (χ4v) is 2.04. The van der Waals surface area contributed by atoms with Gasteiger partial charge in [-0.2, -0.15) is 0 Å². The van der Waals surface area contributed by atoms with E-state index in [1.165, 1.54) is 0 Å². The predicted molar refractivity (Wildman–Crippen MR) is 75.0 cm³/mol. The number of nitrogens with zero attached hydrogens (tertiary/aromatic N) is 1. The standard InChI is InChI=1S/C16H13N2/c1-12-11-16(18-13-7-3-2-4-8-13)14-9-5-6-10-15(14)17-12/h3-11H,1H3,(H,17,18). The highest BCUT2D eigenvalue weighted by atomic mass is 14.9. The summed E-state index contributed by atoms with van der Waals surface area (Å²) in [5.41, 5.74) is 4.18. The molecule has 0 unspecified atom stereocenters. The second-order valence-corrected chi connectivity index (χ2v) is 4.24. The van der Waals surface area contributed by atoms with Crippen molar-refractivity contribution in [2.45, 2.75) is 6.92 Å². The number of hydrogen-bond donors (Lipinski definition) is 1. The number of para-hydroxylation sites is 1. The molecular formula is C16H13N2. The zero-order chi connectivity index (χ0) is 12.4. The molecule has 87 valence electrons. The average molecular weight is 233 g/mol. The molecule has 1 radical (unpaired) electrons. The lowest BCUT2D eigenvalue weighted by molar-refractivity contribution is 1.25. The molecule has 0 saturated carbocycles. The molecule has 0 spiro atoms. The van der Waals surface area contributed by atoms with Crippen LogP contribution in [0.5, 0.6) is 0 Å². The maximum atomic E-state index is 4.53. The minimum Gasteiger partial charge on any atom is -0.355 e. The Morgan fingerprint density at radius 3 is 2.67 bits per heavy atom. The third kappa shape index (κ3) is 2.05. The number of pyridine rings is 1. The number of aromatic nitrogens is 1. The van der Waals surface area contributed by atoms with Crippen molar-refractivity contribution in [3.05, 3.63) is 66.4 Å². The maximum absolute atomic E-state index is 4.53. The van der Waals surface area contributed by atoms with Crippen LogP contribution in [-0.4, -0.2) is 4.98 Å². The fraction of sp³-hybridized carbons (Fsp3) is 0.0625. The number of anilines is 2. The molecule has 0 aliphatic heterocycles. The Kier molecular flexibility index (Phi) is 2.69. The number of aryl methyl sites for hydroxylation is 1. The van der Waals surface area contributed by atoms with Gasteiger partial charge in [-0.15, -0.1) is 0 Å². The van der Waals surface area contributed by atoms with Gasteiger partial charge in [0, 0.05) is 22.5 Å². The summed E-state index contributed by atoms with van der Waals surface area (Å²) in [4.78, 5) is 4.53. The molecule has 2 nitrogen and oxygen atoms in total. The molecule has 2 heteroatoms. The molecule has 1 N–H and O–H groups in total. The van der Waals surface area contributed by atoms with Crippen LogP contribution in [-0.2, 0) is 0 Å². The van der Waals surface area contributed by atoms with Crippen molar-refractivity contribution >= 4 is 22.3 Å².